The Kier molecular flexibility index (Phi) is 5.36. The monoisotopic (exact) mass is 217 g/mol. The summed E-state index contributed by atoms with van der Waals surface area (Å²) in [5, 5.41) is 19.2. The molecule has 0 aromatic carbocycles. The molecule has 0 saturated heterocycles. The van der Waals surface area contributed by atoms with Gasteiger partial charge in [-0.25, -0.2) is 0 Å². The van der Waals surface area contributed by atoms with Gasteiger partial charge in [-0.2, -0.15) is 0 Å². The van der Waals surface area contributed by atoms with Crippen molar-refractivity contribution < 1.29 is 24.6 Å². The van der Waals surface area contributed by atoms with Gasteiger partial charge in [0.05, 0.1) is 0 Å². The first kappa shape index (κ1) is 13.4. The third-order valence-electron chi connectivity index (χ3n) is 1.80. The summed E-state index contributed by atoms with van der Waals surface area (Å²) in [6.07, 6.45) is -0.0845. The fourth-order valence-electron chi connectivity index (χ4n) is 1.05. The van der Waals surface area contributed by atoms with Crippen molar-refractivity contribution in [3.8, 4) is 0 Å². The lowest BCUT2D eigenvalue weighted by atomic mass is 10.0. The maximum Gasteiger partial charge on any atom is 0.325 e. The van der Waals surface area contributed by atoms with Crippen molar-refractivity contribution in [1.29, 1.82) is 0 Å². The van der Waals surface area contributed by atoms with Crippen LogP contribution in [-0.4, -0.2) is 34.1 Å². The minimum absolute atomic E-state index is 0.0178. The average Bonchev–Trinajstić information content (AvgIpc) is 2.00. The fraction of sp³-hybridized carbons (Fsp3) is 0.667. The summed E-state index contributed by atoms with van der Waals surface area (Å²) < 4.78 is 0. The fourth-order valence-corrected chi connectivity index (χ4v) is 1.05. The van der Waals surface area contributed by atoms with E-state index in [-0.39, 0.29) is 18.8 Å². The Morgan fingerprint density at radius 2 is 1.67 bits per heavy atom. The van der Waals surface area contributed by atoms with Crippen LogP contribution in [0, 0.1) is 5.92 Å². The molecule has 0 aromatic heterocycles. The molecule has 0 fully saturated rings. The number of carbonyl (C=O) groups excluding carboxylic acids is 1. The molecule has 0 spiro atoms. The second-order valence-electron chi connectivity index (χ2n) is 3.53. The van der Waals surface area contributed by atoms with Crippen molar-refractivity contribution in [2.45, 2.75) is 32.7 Å². The first-order valence-corrected chi connectivity index (χ1v) is 4.57. The molecule has 86 valence electrons. The number of aliphatic carboxylic acids is 2. The Balaban J connectivity index is 3.93. The van der Waals surface area contributed by atoms with E-state index < -0.39 is 23.9 Å². The first-order chi connectivity index (χ1) is 6.82. The predicted octanol–water partition coefficient (Wildman–Crippen LogP) is 0.0766. The molecule has 0 aliphatic carbocycles. The summed E-state index contributed by atoms with van der Waals surface area (Å²) in [6.45, 7) is 2.97. The zero-order chi connectivity index (χ0) is 12.0. The lowest BCUT2D eigenvalue weighted by Crippen LogP contribution is -2.39. The summed E-state index contributed by atoms with van der Waals surface area (Å²) in [5.74, 6) is -2.84. The van der Waals surface area contributed by atoms with Crippen LogP contribution >= 0.6 is 0 Å². The summed E-state index contributed by atoms with van der Waals surface area (Å²) in [6, 6.07) is -0.950. The summed E-state index contributed by atoms with van der Waals surface area (Å²) in [4.78, 5) is 31.9. The topological polar surface area (TPSA) is 104 Å². The van der Waals surface area contributed by atoms with E-state index in [1.54, 1.807) is 6.92 Å². The largest absolute Gasteiger partial charge is 0.481 e. The number of amides is 1. The molecule has 3 N–H and O–H groups in total. The van der Waals surface area contributed by atoms with Crippen molar-refractivity contribution >= 4 is 17.8 Å². The van der Waals surface area contributed by atoms with Gasteiger partial charge in [0.15, 0.2) is 0 Å². The predicted molar refractivity (Wildman–Crippen MR) is 51.3 cm³/mol. The zero-order valence-electron chi connectivity index (χ0n) is 8.69. The Hall–Kier alpha value is -1.59. The molecule has 0 bridgehead atoms. The van der Waals surface area contributed by atoms with Crippen LogP contribution < -0.4 is 5.32 Å². The molecule has 0 heterocycles. The van der Waals surface area contributed by atoms with E-state index in [9.17, 15) is 14.4 Å². The number of rotatable bonds is 6. The number of carboxylic acids is 2. The average molecular weight is 217 g/mol. The molecule has 0 rings (SSSR count). The highest BCUT2D eigenvalue weighted by molar-refractivity contribution is 5.83. The van der Waals surface area contributed by atoms with Gasteiger partial charge in [0.1, 0.15) is 6.04 Å². The molecule has 0 aliphatic heterocycles. The lowest BCUT2D eigenvalue weighted by Gasteiger charge is -2.11. The van der Waals surface area contributed by atoms with Gasteiger partial charge >= 0.3 is 11.9 Å². The first-order valence-electron chi connectivity index (χ1n) is 4.57. The molecule has 0 aliphatic rings. The third-order valence-corrected chi connectivity index (χ3v) is 1.80. The van der Waals surface area contributed by atoms with Crippen LogP contribution in [0.25, 0.3) is 0 Å². The van der Waals surface area contributed by atoms with Crippen LogP contribution in [0.2, 0.25) is 0 Å². The smallest absolute Gasteiger partial charge is 0.325 e. The Labute approximate surface area is 87.3 Å². The van der Waals surface area contributed by atoms with Gasteiger partial charge < -0.3 is 15.5 Å². The highest BCUT2D eigenvalue weighted by atomic mass is 16.4. The second-order valence-corrected chi connectivity index (χ2v) is 3.53. The van der Waals surface area contributed by atoms with E-state index in [1.807, 2.05) is 0 Å². The van der Waals surface area contributed by atoms with Gasteiger partial charge in [0.2, 0.25) is 5.91 Å². The van der Waals surface area contributed by atoms with Gasteiger partial charge in [-0.15, -0.1) is 0 Å². The van der Waals surface area contributed by atoms with Crippen molar-refractivity contribution in [1.82, 2.24) is 5.32 Å². The van der Waals surface area contributed by atoms with Gasteiger partial charge in [0.25, 0.3) is 0 Å². The van der Waals surface area contributed by atoms with Gasteiger partial charge in [-0.1, -0.05) is 6.92 Å². The maximum absolute atomic E-state index is 11.2. The van der Waals surface area contributed by atoms with Crippen molar-refractivity contribution in [2.75, 3.05) is 0 Å². The number of carbonyl (C=O) groups is 3. The van der Waals surface area contributed by atoms with Crippen LogP contribution in [0.5, 0.6) is 0 Å². The molecule has 0 radical (unpaired) electrons. The van der Waals surface area contributed by atoms with Gasteiger partial charge in [-0.05, 0) is 12.8 Å². The minimum Gasteiger partial charge on any atom is -0.481 e. The normalized spacial score (nSPS) is 14.0. The van der Waals surface area contributed by atoms with E-state index in [0.717, 1.165) is 0 Å². The molecule has 6 heteroatoms. The molecule has 6 nitrogen and oxygen atoms in total. The van der Waals surface area contributed by atoms with Crippen LogP contribution in [-0.2, 0) is 14.4 Å². The Bertz CT molecular complexity index is 263. The molecular formula is C9H15NO5. The quantitative estimate of drug-likeness (QED) is 0.584. The Morgan fingerprint density at radius 3 is 2.07 bits per heavy atom. The van der Waals surface area contributed by atoms with Gasteiger partial charge in [0, 0.05) is 12.8 Å². The number of hydrogen-bond donors (Lipinski definition) is 3. The van der Waals surface area contributed by atoms with E-state index in [0.29, 0.717) is 0 Å². The van der Waals surface area contributed by atoms with E-state index >= 15 is 0 Å². The molecule has 2 unspecified atom stereocenters. The number of hydrogen-bond acceptors (Lipinski definition) is 3. The summed E-state index contributed by atoms with van der Waals surface area (Å²) >= 11 is 0. The molecule has 0 saturated carbocycles. The van der Waals surface area contributed by atoms with Crippen LogP contribution in [0.15, 0.2) is 0 Å². The standard InChI is InChI=1S/C9H15NO5/c1-5(4-8(12)13)3-7(11)10-6(2)9(14)15/h5-6H,3-4H2,1-2H3,(H,10,11)(H,12,13)(H,14,15). The van der Waals surface area contributed by atoms with Gasteiger partial charge in [-0.3, -0.25) is 14.4 Å². The van der Waals surface area contributed by atoms with Crippen LogP contribution in [0.4, 0.5) is 0 Å². The molecule has 2 atom stereocenters. The second kappa shape index (κ2) is 6.00. The number of carboxylic acid groups (broad SMARTS) is 2. The van der Waals surface area contributed by atoms with Crippen molar-refractivity contribution in [2.24, 2.45) is 5.92 Å². The molecule has 0 aromatic rings. The third kappa shape index (κ3) is 6.48. The summed E-state index contributed by atoms with van der Waals surface area (Å²) in [5.41, 5.74) is 0. The van der Waals surface area contributed by atoms with E-state index in [1.165, 1.54) is 6.92 Å². The van der Waals surface area contributed by atoms with E-state index in [4.69, 9.17) is 10.2 Å². The van der Waals surface area contributed by atoms with E-state index in [2.05, 4.69) is 5.32 Å². The molecule has 1 amide bonds. The summed E-state index contributed by atoms with van der Waals surface area (Å²) in [7, 11) is 0. The maximum atomic E-state index is 11.2. The van der Waals surface area contributed by atoms with Crippen molar-refractivity contribution in [3.05, 3.63) is 0 Å². The van der Waals surface area contributed by atoms with Crippen LogP contribution in [0.3, 0.4) is 0 Å². The highest BCUT2D eigenvalue weighted by Gasteiger charge is 2.17. The minimum atomic E-state index is -1.12. The van der Waals surface area contributed by atoms with Crippen LogP contribution in [0.1, 0.15) is 26.7 Å². The number of nitrogens with one attached hydrogen (secondary N) is 1. The highest BCUT2D eigenvalue weighted by Crippen LogP contribution is 2.06. The lowest BCUT2D eigenvalue weighted by molar-refractivity contribution is -0.142. The van der Waals surface area contributed by atoms with Crippen molar-refractivity contribution in [3.63, 3.8) is 0 Å². The molecular weight excluding hydrogens is 202 g/mol. The Morgan fingerprint density at radius 1 is 1.13 bits per heavy atom. The molecule has 15 heavy (non-hydrogen) atoms. The zero-order valence-corrected chi connectivity index (χ0v) is 8.69. The SMILES string of the molecule is CC(CC(=O)O)CC(=O)NC(C)C(=O)O.